The number of ether oxygens (including phenoxy) is 1. The minimum Gasteiger partial charge on any atom is -0.480 e. The first kappa shape index (κ1) is 26.0. The van der Waals surface area contributed by atoms with Gasteiger partial charge >= 0.3 is 6.18 Å². The minimum atomic E-state index is -4.68. The van der Waals surface area contributed by atoms with Crippen molar-refractivity contribution in [3.63, 3.8) is 0 Å². The van der Waals surface area contributed by atoms with E-state index < -0.39 is 45.2 Å². The van der Waals surface area contributed by atoms with Gasteiger partial charge in [-0.15, -0.1) is 0 Å². The first-order valence-electron chi connectivity index (χ1n) is 11.6. The van der Waals surface area contributed by atoms with Crippen LogP contribution in [0.1, 0.15) is 54.2 Å². The lowest BCUT2D eigenvalue weighted by atomic mass is 9.81. The largest absolute Gasteiger partial charge is 0.480 e. The van der Waals surface area contributed by atoms with Crippen molar-refractivity contribution in [2.45, 2.75) is 60.6 Å². The topological polar surface area (TPSA) is 103 Å². The number of piperidine rings is 1. The van der Waals surface area contributed by atoms with Crippen molar-refractivity contribution in [2.75, 3.05) is 25.9 Å². The van der Waals surface area contributed by atoms with Gasteiger partial charge in [0.1, 0.15) is 5.75 Å². The van der Waals surface area contributed by atoms with Gasteiger partial charge in [0.15, 0.2) is 27.5 Å². The first-order valence-corrected chi connectivity index (χ1v) is 13.5. The van der Waals surface area contributed by atoms with Crippen LogP contribution in [0.4, 0.5) is 22.0 Å². The lowest BCUT2D eigenvalue weighted by Gasteiger charge is -2.32. The molecule has 8 nitrogen and oxygen atoms in total. The number of likely N-dealkylation sites (tertiary alicyclic amines) is 1. The molecular formula is C23H24F5N3O5S. The maximum Gasteiger partial charge on any atom is 0.425 e. The second-order valence-electron chi connectivity index (χ2n) is 10.3. The average Bonchev–Trinajstić information content (AvgIpc) is 3.09. The van der Waals surface area contributed by atoms with E-state index in [1.165, 1.54) is 0 Å². The molecule has 1 aliphatic heterocycles. The van der Waals surface area contributed by atoms with Crippen molar-refractivity contribution < 1.29 is 44.4 Å². The molecule has 1 saturated heterocycles. The molecule has 14 heteroatoms. The number of rotatable bonds is 8. The Morgan fingerprint density at radius 1 is 1.27 bits per heavy atom. The summed E-state index contributed by atoms with van der Waals surface area (Å²) in [5, 5.41) is 4.01. The second kappa shape index (κ2) is 8.45. The molecule has 2 aliphatic carbocycles. The molecule has 0 spiro atoms. The molecule has 0 amide bonds. The highest BCUT2D eigenvalue weighted by atomic mass is 32.2. The summed E-state index contributed by atoms with van der Waals surface area (Å²) in [5.74, 6) is -3.48. The highest BCUT2D eigenvalue weighted by Gasteiger charge is 2.64. The lowest BCUT2D eigenvalue weighted by molar-refractivity contribution is -0.189. The number of sulfone groups is 1. The Labute approximate surface area is 209 Å². The van der Waals surface area contributed by atoms with E-state index in [0.717, 1.165) is 37.8 Å². The average molecular weight is 550 g/mol. The predicted octanol–water partition coefficient (Wildman–Crippen LogP) is 3.77. The van der Waals surface area contributed by atoms with Gasteiger partial charge in [0.25, 0.3) is 0 Å². The van der Waals surface area contributed by atoms with Crippen LogP contribution < -0.4 is 4.74 Å². The number of ketones is 1. The van der Waals surface area contributed by atoms with Gasteiger partial charge < -0.3 is 9.26 Å². The molecule has 3 atom stereocenters. The van der Waals surface area contributed by atoms with E-state index in [4.69, 9.17) is 9.26 Å². The predicted molar refractivity (Wildman–Crippen MR) is 117 cm³/mol. The van der Waals surface area contributed by atoms with E-state index in [-0.39, 0.29) is 47.4 Å². The van der Waals surface area contributed by atoms with Crippen molar-refractivity contribution in [3.05, 3.63) is 35.5 Å². The third-order valence-electron chi connectivity index (χ3n) is 7.35. The van der Waals surface area contributed by atoms with E-state index in [9.17, 15) is 35.2 Å². The summed E-state index contributed by atoms with van der Waals surface area (Å²) in [7, 11) is -3.73. The Hall–Kier alpha value is -2.61. The van der Waals surface area contributed by atoms with E-state index >= 15 is 0 Å². The number of hydrogen-bond donors (Lipinski definition) is 0. The maximum atomic E-state index is 13.2. The van der Waals surface area contributed by atoms with E-state index in [1.54, 1.807) is 4.90 Å². The Morgan fingerprint density at radius 2 is 1.97 bits per heavy atom. The summed E-state index contributed by atoms with van der Waals surface area (Å²) < 4.78 is 99.8. The normalized spacial score (nSPS) is 26.4. The molecule has 3 aliphatic rings. The Bertz CT molecular complexity index is 1340. The number of carbonyl (C=O) groups excluding carboxylic acids is 1. The van der Waals surface area contributed by atoms with Crippen LogP contribution >= 0.6 is 0 Å². The molecule has 2 heterocycles. The van der Waals surface area contributed by atoms with Gasteiger partial charge in [-0.2, -0.15) is 18.2 Å². The van der Waals surface area contributed by atoms with Crippen LogP contribution in [0.15, 0.2) is 27.6 Å². The number of fused-ring (bicyclic) bond motifs is 1. The quantitative estimate of drug-likeness (QED) is 0.362. The number of hydrogen-bond acceptors (Lipinski definition) is 8. The summed E-state index contributed by atoms with van der Waals surface area (Å²) in [5.41, 5.74) is -0.742. The van der Waals surface area contributed by atoms with Crippen molar-refractivity contribution in [1.29, 1.82) is 0 Å². The highest BCUT2D eigenvalue weighted by Crippen LogP contribution is 2.58. The van der Waals surface area contributed by atoms with Crippen molar-refractivity contribution in [1.82, 2.24) is 15.0 Å². The highest BCUT2D eigenvalue weighted by molar-refractivity contribution is 7.90. The van der Waals surface area contributed by atoms with Crippen LogP contribution in [0, 0.1) is 5.92 Å². The number of alkyl halides is 5. The van der Waals surface area contributed by atoms with Crippen molar-refractivity contribution >= 4 is 15.6 Å². The third kappa shape index (κ3) is 4.97. The first-order chi connectivity index (χ1) is 17.1. The van der Waals surface area contributed by atoms with Crippen LogP contribution in [0.5, 0.6) is 5.75 Å². The molecule has 1 aromatic heterocycles. The standard InChI is InChI=1S/C23H24F5N3O5S/c1-12(23(26,27)28)35-18-4-3-15(37(2,33)34)5-16(18)17(32)10-31-9-14-8-21(14,11-31)20-29-19(36-30-20)13-6-22(24,25)7-13/h3-5,12-14H,6-11H2,1-2H3. The van der Waals surface area contributed by atoms with Crippen LogP contribution in [0.25, 0.3) is 0 Å². The van der Waals surface area contributed by atoms with Crippen LogP contribution in [-0.4, -0.2) is 73.3 Å². The number of Topliss-reactive ketones (excluding diaryl/α,β-unsaturated/α-hetero) is 1. The van der Waals surface area contributed by atoms with Gasteiger partial charge in [-0.1, -0.05) is 5.16 Å². The molecule has 5 rings (SSSR count). The lowest BCUT2D eigenvalue weighted by Crippen LogP contribution is -2.34. The van der Waals surface area contributed by atoms with E-state index in [2.05, 4.69) is 10.1 Å². The Morgan fingerprint density at radius 3 is 2.59 bits per heavy atom. The number of nitrogens with zero attached hydrogens (tertiary/aromatic N) is 3. The number of benzene rings is 1. The molecule has 3 fully saturated rings. The summed E-state index contributed by atoms with van der Waals surface area (Å²) in [6.07, 6.45) is -5.91. The van der Waals surface area contributed by atoms with Gasteiger partial charge in [-0.25, -0.2) is 17.2 Å². The Balaban J connectivity index is 1.31. The van der Waals surface area contributed by atoms with Gasteiger partial charge in [-0.3, -0.25) is 9.69 Å². The molecular weight excluding hydrogens is 525 g/mol. The zero-order chi connectivity index (χ0) is 27.0. The molecule has 37 heavy (non-hydrogen) atoms. The number of aromatic nitrogens is 2. The fourth-order valence-electron chi connectivity index (χ4n) is 5.10. The minimum absolute atomic E-state index is 0.108. The maximum absolute atomic E-state index is 13.2. The van der Waals surface area contributed by atoms with Crippen LogP contribution in [-0.2, 0) is 15.3 Å². The molecule has 1 aromatic carbocycles. The zero-order valence-corrected chi connectivity index (χ0v) is 20.7. The molecule has 0 radical (unpaired) electrons. The second-order valence-corrected chi connectivity index (χ2v) is 12.3. The van der Waals surface area contributed by atoms with Crippen molar-refractivity contribution in [3.8, 4) is 5.75 Å². The van der Waals surface area contributed by atoms with E-state index in [1.807, 2.05) is 0 Å². The van der Waals surface area contributed by atoms with Gasteiger partial charge in [0, 0.05) is 38.1 Å². The molecule has 0 N–H and O–H groups in total. The molecule has 0 bridgehead atoms. The Kier molecular flexibility index (Phi) is 5.94. The van der Waals surface area contributed by atoms with Gasteiger partial charge in [0.2, 0.25) is 11.8 Å². The molecule has 2 saturated carbocycles. The smallest absolute Gasteiger partial charge is 0.425 e. The summed E-state index contributed by atoms with van der Waals surface area (Å²) in [4.78, 5) is 19.1. The summed E-state index contributed by atoms with van der Waals surface area (Å²) in [6.45, 7) is 1.45. The van der Waals surface area contributed by atoms with E-state index in [0.29, 0.717) is 18.9 Å². The summed E-state index contributed by atoms with van der Waals surface area (Å²) in [6, 6.07) is 3.18. The zero-order valence-electron chi connectivity index (χ0n) is 19.9. The van der Waals surface area contributed by atoms with Crippen LogP contribution in [0.3, 0.4) is 0 Å². The molecule has 2 aromatic rings. The SMILES string of the molecule is CC(Oc1ccc(S(C)(=O)=O)cc1C(=O)CN1CC2CC2(c2noc(C3CC(F)(F)C3)n2)C1)C(F)(F)F. The van der Waals surface area contributed by atoms with Gasteiger partial charge in [0.05, 0.1) is 22.4 Å². The fraction of sp³-hybridized carbons (Fsp3) is 0.609. The molecule has 3 unspecified atom stereocenters. The fourth-order valence-corrected chi connectivity index (χ4v) is 5.75. The summed E-state index contributed by atoms with van der Waals surface area (Å²) >= 11 is 0. The number of halogens is 5. The van der Waals surface area contributed by atoms with Gasteiger partial charge in [-0.05, 0) is 37.5 Å². The molecule has 202 valence electrons. The van der Waals surface area contributed by atoms with Crippen molar-refractivity contribution in [2.24, 2.45) is 5.92 Å². The number of carbonyl (C=O) groups is 1. The third-order valence-corrected chi connectivity index (χ3v) is 8.46. The van der Waals surface area contributed by atoms with Crippen LogP contribution in [0.2, 0.25) is 0 Å². The monoisotopic (exact) mass is 549 g/mol.